The molecule has 2 amide bonds. The molecule has 0 bridgehead atoms. The van der Waals surface area contributed by atoms with Gasteiger partial charge in [0.15, 0.2) is 0 Å². The lowest BCUT2D eigenvalue weighted by Crippen LogP contribution is -2.26. The Bertz CT molecular complexity index is 491. The summed E-state index contributed by atoms with van der Waals surface area (Å²) in [4.78, 5) is 11.0. The summed E-state index contributed by atoms with van der Waals surface area (Å²) in [6, 6.07) is 12.6. The van der Waals surface area contributed by atoms with Crippen LogP contribution in [0.3, 0.4) is 0 Å². The van der Waals surface area contributed by atoms with E-state index in [0.717, 1.165) is 10.8 Å². The Morgan fingerprint density at radius 3 is 2.60 bits per heavy atom. The van der Waals surface area contributed by atoms with Crippen LogP contribution in [-0.4, -0.2) is 6.03 Å². The van der Waals surface area contributed by atoms with Crippen LogP contribution in [0.4, 0.5) is 10.5 Å². The minimum Gasteiger partial charge on any atom is -0.306 e. The number of hydrogen-bond acceptors (Lipinski definition) is 1. The second kappa shape index (κ2) is 3.98. The summed E-state index contributed by atoms with van der Waals surface area (Å²) in [6.07, 6.45) is 0. The molecule has 0 atom stereocenters. The second-order valence-electron chi connectivity index (χ2n) is 3.09. The van der Waals surface area contributed by atoms with Crippen molar-refractivity contribution in [3.8, 4) is 0 Å². The minimum atomic E-state index is -0.647. The highest BCUT2D eigenvalue weighted by molar-refractivity contribution is 6.01. The molecule has 0 aliphatic carbocycles. The van der Waals surface area contributed by atoms with Crippen LogP contribution in [0, 0.1) is 0 Å². The van der Waals surface area contributed by atoms with Gasteiger partial charge in [-0.2, -0.15) is 0 Å². The molecule has 15 heavy (non-hydrogen) atoms. The third-order valence-corrected chi connectivity index (χ3v) is 2.14. The maximum absolute atomic E-state index is 11.0. The van der Waals surface area contributed by atoms with E-state index in [2.05, 4.69) is 5.32 Å². The van der Waals surface area contributed by atoms with E-state index < -0.39 is 6.03 Å². The lowest BCUT2D eigenvalue weighted by molar-refractivity contribution is 0.252. The first-order chi connectivity index (χ1) is 7.31. The van der Waals surface area contributed by atoms with Crippen LogP contribution in [-0.2, 0) is 0 Å². The molecule has 4 nitrogen and oxygen atoms in total. The van der Waals surface area contributed by atoms with Crippen LogP contribution < -0.4 is 16.6 Å². The van der Waals surface area contributed by atoms with Crippen molar-refractivity contribution in [2.75, 3.05) is 5.32 Å². The minimum absolute atomic E-state index is 0.647. The first kappa shape index (κ1) is 9.48. The topological polar surface area (TPSA) is 63.4 Å². The summed E-state index contributed by atoms with van der Waals surface area (Å²) in [5.41, 5.74) is 2.19. The Hall–Kier alpha value is -2.07. The summed E-state index contributed by atoms with van der Waals surface area (Å²) in [5, 5.41) is 4.50. The average molecular weight is 199 g/mol. The van der Waals surface area contributed by atoms with Crippen LogP contribution in [0.15, 0.2) is 42.5 Å². The molecule has 0 aliphatic heterocycles. The number of hydrogen-bond donors (Lipinski definition) is 2. The Balaban J connectivity index is 2.46. The van der Waals surface area contributed by atoms with Gasteiger partial charge in [0.1, 0.15) is 0 Å². The first-order valence-corrected chi connectivity index (χ1v) is 4.50. The number of carbonyl (C=O) groups is 1. The molecular weight excluding hydrogens is 190 g/mol. The molecule has 0 saturated heterocycles. The smallest absolute Gasteiger partial charge is 0.306 e. The van der Waals surface area contributed by atoms with Crippen molar-refractivity contribution in [3.63, 3.8) is 0 Å². The second-order valence-corrected chi connectivity index (χ2v) is 3.09. The van der Waals surface area contributed by atoms with Crippen LogP contribution >= 0.6 is 0 Å². The van der Waals surface area contributed by atoms with Gasteiger partial charge in [0.25, 0.3) is 0 Å². The number of benzene rings is 2. The molecule has 0 unspecified atom stereocenters. The van der Waals surface area contributed by atoms with E-state index in [0.29, 0.717) is 5.69 Å². The quantitative estimate of drug-likeness (QED) is 0.677. The number of fused-ring (bicyclic) bond motifs is 1. The molecule has 2 aromatic carbocycles. The number of nitrogens with zero attached hydrogens (tertiary/aromatic N) is 1. The fraction of sp³-hybridized carbons (Fsp3) is 0. The standard InChI is InChI=1S/C11H9N3O/c12-14-11(15)13-10-7-3-5-8-4-1-2-6-9(8)10/h1-7H,(H2,13,14,15). The maximum atomic E-state index is 11.0. The number of nitrogens with one attached hydrogen (secondary N) is 2. The Labute approximate surface area is 87.0 Å². The van der Waals surface area contributed by atoms with E-state index in [9.17, 15) is 4.79 Å². The summed E-state index contributed by atoms with van der Waals surface area (Å²) < 4.78 is 0. The number of carbonyl (C=O) groups excluding carboxylic acids is 1. The summed E-state index contributed by atoms with van der Waals surface area (Å²) in [7, 11) is 0. The van der Waals surface area contributed by atoms with Crippen molar-refractivity contribution in [2.24, 2.45) is 0 Å². The number of rotatable bonds is 1. The molecule has 2 rings (SSSR count). The molecule has 2 radical (unpaired) electrons. The molecule has 2 N–H and O–H groups in total. The van der Waals surface area contributed by atoms with Crippen molar-refractivity contribution in [1.29, 1.82) is 0 Å². The Kier molecular flexibility index (Phi) is 2.51. The number of amides is 2. The molecule has 0 aromatic heterocycles. The first-order valence-electron chi connectivity index (χ1n) is 4.50. The molecule has 0 fully saturated rings. The Morgan fingerprint density at radius 2 is 1.80 bits per heavy atom. The highest BCUT2D eigenvalue weighted by Crippen LogP contribution is 2.22. The van der Waals surface area contributed by atoms with Gasteiger partial charge in [-0.05, 0) is 17.3 Å². The van der Waals surface area contributed by atoms with Gasteiger partial charge in [0, 0.05) is 5.39 Å². The van der Waals surface area contributed by atoms with Crippen molar-refractivity contribution < 1.29 is 4.79 Å². The third-order valence-electron chi connectivity index (χ3n) is 2.14. The van der Waals surface area contributed by atoms with Gasteiger partial charge in [-0.25, -0.2) is 10.2 Å². The lowest BCUT2D eigenvalue weighted by Gasteiger charge is -2.06. The van der Waals surface area contributed by atoms with Crippen molar-refractivity contribution in [3.05, 3.63) is 42.5 Å². The van der Waals surface area contributed by atoms with Gasteiger partial charge < -0.3 is 5.32 Å². The highest BCUT2D eigenvalue weighted by atomic mass is 16.2. The molecule has 0 saturated carbocycles. The number of urea groups is 1. The van der Waals surface area contributed by atoms with Gasteiger partial charge in [-0.3, -0.25) is 0 Å². The normalized spacial score (nSPS) is 9.93. The van der Waals surface area contributed by atoms with Crippen molar-refractivity contribution in [2.45, 2.75) is 0 Å². The lowest BCUT2D eigenvalue weighted by atomic mass is 10.1. The molecule has 74 valence electrons. The molecular formula is C11H9N3O. The van der Waals surface area contributed by atoms with Crippen molar-refractivity contribution in [1.82, 2.24) is 11.3 Å². The summed E-state index contributed by atoms with van der Waals surface area (Å²) in [6.45, 7) is 0. The van der Waals surface area contributed by atoms with Crippen LogP contribution in [0.2, 0.25) is 0 Å². The summed E-state index contributed by atoms with van der Waals surface area (Å²) >= 11 is 0. The molecule has 0 heterocycles. The van der Waals surface area contributed by atoms with E-state index >= 15 is 0 Å². The zero-order chi connectivity index (χ0) is 10.7. The predicted octanol–water partition coefficient (Wildman–Crippen LogP) is 1.94. The monoisotopic (exact) mass is 199 g/mol. The van der Waals surface area contributed by atoms with E-state index in [4.69, 9.17) is 5.84 Å². The average Bonchev–Trinajstić information content (AvgIpc) is 2.29. The third kappa shape index (κ3) is 1.89. The maximum Gasteiger partial charge on any atom is 0.336 e. The fourth-order valence-electron chi connectivity index (χ4n) is 1.48. The zero-order valence-corrected chi connectivity index (χ0v) is 7.90. The molecule has 0 aliphatic rings. The van der Waals surface area contributed by atoms with Gasteiger partial charge in [0.2, 0.25) is 0 Å². The molecule has 4 heteroatoms. The van der Waals surface area contributed by atoms with Gasteiger partial charge in [-0.15, -0.1) is 0 Å². The van der Waals surface area contributed by atoms with Gasteiger partial charge in [0.05, 0.1) is 5.69 Å². The van der Waals surface area contributed by atoms with E-state index in [1.807, 2.05) is 36.4 Å². The van der Waals surface area contributed by atoms with Gasteiger partial charge in [-0.1, -0.05) is 36.4 Å². The SMILES string of the molecule is [N]NC(=O)Nc1cccc2ccccc12. The van der Waals surface area contributed by atoms with Gasteiger partial charge >= 0.3 is 6.03 Å². The fourth-order valence-corrected chi connectivity index (χ4v) is 1.48. The van der Waals surface area contributed by atoms with Crippen LogP contribution in [0.1, 0.15) is 0 Å². The van der Waals surface area contributed by atoms with E-state index in [-0.39, 0.29) is 0 Å². The van der Waals surface area contributed by atoms with E-state index in [1.54, 1.807) is 6.07 Å². The predicted molar refractivity (Wildman–Crippen MR) is 58.2 cm³/mol. The molecule has 2 aromatic rings. The van der Waals surface area contributed by atoms with Crippen LogP contribution in [0.25, 0.3) is 10.8 Å². The number of anilines is 1. The zero-order valence-electron chi connectivity index (χ0n) is 7.90. The summed E-state index contributed by atoms with van der Waals surface area (Å²) in [5.74, 6) is 8.41. The van der Waals surface area contributed by atoms with Crippen LogP contribution in [0.5, 0.6) is 0 Å². The highest BCUT2D eigenvalue weighted by Gasteiger charge is 2.03. The van der Waals surface area contributed by atoms with E-state index in [1.165, 1.54) is 5.43 Å². The Morgan fingerprint density at radius 1 is 1.07 bits per heavy atom. The molecule has 0 spiro atoms. The van der Waals surface area contributed by atoms with Crippen molar-refractivity contribution >= 4 is 22.5 Å². The largest absolute Gasteiger partial charge is 0.336 e.